The Morgan fingerprint density at radius 2 is 2.21 bits per heavy atom. The summed E-state index contributed by atoms with van der Waals surface area (Å²) in [5, 5.41) is 13.1. The summed E-state index contributed by atoms with van der Waals surface area (Å²) in [4.78, 5) is 12.9. The summed E-state index contributed by atoms with van der Waals surface area (Å²) >= 11 is 0. The van der Waals surface area contributed by atoms with Crippen LogP contribution in [-0.4, -0.2) is 26.6 Å². The average molecular weight is 416 g/mol. The smallest absolute Gasteiger partial charge is 0.354 e. The molecule has 0 unspecified atom stereocenters. The number of carbonyl (C=O) groups excluding carboxylic acids is 1. The molecule has 0 saturated carbocycles. The number of hydrogen-bond acceptors (Lipinski definition) is 4. The van der Waals surface area contributed by atoms with Crippen molar-refractivity contribution in [1.82, 2.24) is 9.78 Å². The third-order valence-electron chi connectivity index (χ3n) is 6.14. The van der Waals surface area contributed by atoms with Gasteiger partial charge in [0, 0.05) is 5.69 Å². The number of fused-ring (bicyclic) bond motifs is 3. The highest BCUT2D eigenvalue weighted by Crippen LogP contribution is 2.45. The number of aryl methyl sites for hydroxylation is 1. The highest BCUT2D eigenvalue weighted by molar-refractivity contribution is 7.91. The first-order valence-corrected chi connectivity index (χ1v) is 11.5. The molecular formula is C20H25N5O3S. The van der Waals surface area contributed by atoms with Gasteiger partial charge in [0.1, 0.15) is 11.5 Å². The van der Waals surface area contributed by atoms with Crippen molar-refractivity contribution in [3.63, 3.8) is 0 Å². The van der Waals surface area contributed by atoms with Gasteiger partial charge in [-0.15, -0.1) is 4.36 Å². The van der Waals surface area contributed by atoms with Crippen molar-refractivity contribution in [2.24, 2.45) is 9.50 Å². The molecule has 5 rings (SSSR count). The molecule has 0 saturated heterocycles. The normalized spacial score (nSPS) is 22.6. The monoisotopic (exact) mass is 415 g/mol. The van der Waals surface area contributed by atoms with Crippen molar-refractivity contribution >= 4 is 21.6 Å². The van der Waals surface area contributed by atoms with E-state index in [2.05, 4.69) is 27.8 Å². The average Bonchev–Trinajstić information content (AvgIpc) is 3.30. The minimum absolute atomic E-state index is 0.151. The fourth-order valence-corrected chi connectivity index (χ4v) is 5.68. The van der Waals surface area contributed by atoms with Crippen molar-refractivity contribution in [3.8, 4) is 5.88 Å². The lowest BCUT2D eigenvalue weighted by Gasteiger charge is -2.31. The van der Waals surface area contributed by atoms with E-state index in [-0.39, 0.29) is 10.4 Å². The van der Waals surface area contributed by atoms with Crippen molar-refractivity contribution in [1.29, 1.82) is 0 Å². The fraction of sp³-hybridized carbons (Fsp3) is 0.500. The second kappa shape index (κ2) is 6.06. The van der Waals surface area contributed by atoms with Crippen LogP contribution in [0.15, 0.2) is 21.5 Å². The molecule has 0 fully saturated rings. The zero-order valence-electron chi connectivity index (χ0n) is 16.8. The Bertz CT molecular complexity index is 1170. The van der Waals surface area contributed by atoms with Gasteiger partial charge in [-0.2, -0.15) is 5.10 Å². The minimum atomic E-state index is -3.49. The Hall–Kier alpha value is -2.39. The van der Waals surface area contributed by atoms with Crippen LogP contribution in [0.25, 0.3) is 0 Å². The Kier molecular flexibility index (Phi) is 3.89. The fourth-order valence-electron chi connectivity index (χ4n) is 4.69. The van der Waals surface area contributed by atoms with Crippen molar-refractivity contribution in [2.45, 2.75) is 62.8 Å². The number of nitrogens with one attached hydrogen (secondary N) is 1. The lowest BCUT2D eigenvalue weighted by atomic mass is 9.75. The summed E-state index contributed by atoms with van der Waals surface area (Å²) in [7, 11) is -3.49. The van der Waals surface area contributed by atoms with Crippen LogP contribution in [0.5, 0.6) is 5.88 Å². The lowest BCUT2D eigenvalue weighted by molar-refractivity contribution is 0.259. The zero-order chi connectivity index (χ0) is 20.6. The third-order valence-corrected chi connectivity index (χ3v) is 7.49. The van der Waals surface area contributed by atoms with Crippen molar-refractivity contribution in [2.75, 3.05) is 11.9 Å². The molecule has 3 aliphatic rings. The number of rotatable bonds is 2. The molecule has 2 atom stereocenters. The Balaban J connectivity index is 1.49. The van der Waals surface area contributed by atoms with E-state index in [0.717, 1.165) is 31.4 Å². The summed E-state index contributed by atoms with van der Waals surface area (Å²) in [6, 6.07) is 1.57. The van der Waals surface area contributed by atoms with Crippen LogP contribution in [0.2, 0.25) is 0 Å². The summed E-state index contributed by atoms with van der Waals surface area (Å²) in [6.07, 6.45) is 5.44. The van der Waals surface area contributed by atoms with Gasteiger partial charge in [-0.25, -0.2) is 18.8 Å². The number of nitrogens with two attached hydrogens (primary N) is 1. The maximum Gasteiger partial charge on any atom is 0.354 e. The van der Waals surface area contributed by atoms with Gasteiger partial charge in [-0.05, 0) is 67.7 Å². The molecule has 3 N–H and O–H groups in total. The van der Waals surface area contributed by atoms with Gasteiger partial charge >= 0.3 is 6.03 Å². The van der Waals surface area contributed by atoms with Gasteiger partial charge in [0.2, 0.25) is 5.88 Å². The van der Waals surface area contributed by atoms with E-state index < -0.39 is 15.9 Å². The molecule has 1 aromatic carbocycles. The standard InChI is InChI=1S/C20H25N5O3S/c1-11-7-13-8-12-5-4-6-14(12)17(16(11)13)23-19(26)24-29(21,27)15-9-22-25-18(15)28-10-20(25,2)3/h8-9,11H,4-7,10H2,1-3H3,(H3,21,23,24,26,27)/t11-,29-/m0/s1. The molecule has 154 valence electrons. The van der Waals surface area contributed by atoms with Gasteiger partial charge in [0.05, 0.1) is 11.7 Å². The molecule has 29 heavy (non-hydrogen) atoms. The van der Waals surface area contributed by atoms with Gasteiger partial charge in [0.25, 0.3) is 0 Å². The molecular weight excluding hydrogens is 390 g/mol. The maximum atomic E-state index is 13.1. The highest BCUT2D eigenvalue weighted by atomic mass is 32.2. The first-order valence-electron chi connectivity index (χ1n) is 9.92. The van der Waals surface area contributed by atoms with Crippen LogP contribution >= 0.6 is 0 Å². The van der Waals surface area contributed by atoms with Crippen molar-refractivity contribution in [3.05, 3.63) is 34.5 Å². The summed E-state index contributed by atoms with van der Waals surface area (Å²) < 4.78 is 24.2. The number of anilines is 1. The molecule has 0 radical (unpaired) electrons. The quantitative estimate of drug-likeness (QED) is 0.785. The van der Waals surface area contributed by atoms with Gasteiger partial charge < -0.3 is 10.1 Å². The molecule has 2 aliphatic carbocycles. The van der Waals surface area contributed by atoms with Crippen LogP contribution in [0.4, 0.5) is 10.5 Å². The van der Waals surface area contributed by atoms with E-state index >= 15 is 0 Å². The molecule has 2 aromatic rings. The van der Waals surface area contributed by atoms with Gasteiger partial charge in [-0.3, -0.25) is 0 Å². The molecule has 0 spiro atoms. The van der Waals surface area contributed by atoms with Crippen LogP contribution in [0.1, 0.15) is 55.4 Å². The topological polar surface area (TPSA) is 112 Å². The number of nitrogens with zero attached hydrogens (tertiary/aromatic N) is 3. The van der Waals surface area contributed by atoms with Crippen LogP contribution in [0.3, 0.4) is 0 Å². The molecule has 9 heteroatoms. The van der Waals surface area contributed by atoms with Gasteiger partial charge in [0.15, 0.2) is 9.92 Å². The molecule has 1 aromatic heterocycles. The molecule has 2 amide bonds. The van der Waals surface area contributed by atoms with E-state index in [0.29, 0.717) is 18.4 Å². The van der Waals surface area contributed by atoms with Crippen LogP contribution in [-0.2, 0) is 34.7 Å². The number of carbonyl (C=O) groups is 1. The van der Waals surface area contributed by atoms with E-state index in [1.54, 1.807) is 4.68 Å². The Morgan fingerprint density at radius 3 is 2.97 bits per heavy atom. The summed E-state index contributed by atoms with van der Waals surface area (Å²) in [5.41, 5.74) is 5.41. The van der Waals surface area contributed by atoms with E-state index in [1.165, 1.54) is 28.5 Å². The largest absolute Gasteiger partial charge is 0.474 e. The van der Waals surface area contributed by atoms with Crippen LogP contribution < -0.4 is 15.2 Å². The van der Waals surface area contributed by atoms with Crippen LogP contribution in [0, 0.1) is 0 Å². The second-order valence-corrected chi connectivity index (χ2v) is 10.6. The van der Waals surface area contributed by atoms with Crippen molar-refractivity contribution < 1.29 is 13.7 Å². The number of hydrogen-bond donors (Lipinski definition) is 2. The summed E-state index contributed by atoms with van der Waals surface area (Å²) in [6.45, 7) is 6.46. The number of urea groups is 1. The lowest BCUT2D eigenvalue weighted by Crippen LogP contribution is -2.26. The van der Waals surface area contributed by atoms with E-state index in [9.17, 15) is 9.00 Å². The number of aromatic nitrogens is 2. The second-order valence-electron chi connectivity index (χ2n) is 8.84. The highest BCUT2D eigenvalue weighted by Gasteiger charge is 2.37. The number of benzene rings is 1. The number of amides is 2. The van der Waals surface area contributed by atoms with Gasteiger partial charge in [-0.1, -0.05) is 13.0 Å². The zero-order valence-corrected chi connectivity index (χ0v) is 17.6. The summed E-state index contributed by atoms with van der Waals surface area (Å²) in [5.74, 6) is 0.709. The first-order chi connectivity index (χ1) is 13.7. The predicted molar refractivity (Wildman–Crippen MR) is 110 cm³/mol. The Labute approximate surface area is 170 Å². The SMILES string of the molecule is C[C@H]1Cc2cc3c(c(NC(=O)N=[S@](N)(=O)c4cnn5c4OCC5(C)C)c21)CCC3. The molecule has 1 aliphatic heterocycles. The Morgan fingerprint density at radius 1 is 1.41 bits per heavy atom. The van der Waals surface area contributed by atoms with E-state index in [4.69, 9.17) is 9.88 Å². The van der Waals surface area contributed by atoms with E-state index in [1.807, 2.05) is 13.8 Å². The first kappa shape index (κ1) is 18.6. The molecule has 8 nitrogen and oxygen atoms in total. The third kappa shape index (κ3) is 2.78. The maximum absolute atomic E-state index is 13.1. The minimum Gasteiger partial charge on any atom is -0.474 e. The predicted octanol–water partition coefficient (Wildman–Crippen LogP) is 3.09. The number of ether oxygens (including phenoxy) is 1. The molecule has 2 heterocycles. The molecule has 0 bridgehead atoms.